The van der Waals surface area contributed by atoms with Gasteiger partial charge < -0.3 is 10.4 Å². The second-order valence-corrected chi connectivity index (χ2v) is 4.47. The molecule has 0 bridgehead atoms. The molecule has 1 aromatic carbocycles. The molecule has 1 rings (SSSR count). The third-order valence-corrected chi connectivity index (χ3v) is 2.98. The Morgan fingerprint density at radius 2 is 1.94 bits per heavy atom. The van der Waals surface area contributed by atoms with Gasteiger partial charge in [-0.3, -0.25) is 9.59 Å². The van der Waals surface area contributed by atoms with E-state index in [0.717, 1.165) is 6.07 Å². The standard InChI is InChI=1S/C12H13ClFNO3/c1-6(7(2)12(17)18)11(16)15-10-4-3-8(13)5-9(10)14/h3-7H,1-2H3,(H,15,16)(H,17,18). The molecule has 1 amide bonds. The molecule has 0 saturated carbocycles. The third-order valence-electron chi connectivity index (χ3n) is 2.74. The van der Waals surface area contributed by atoms with Crippen LogP contribution in [0.15, 0.2) is 18.2 Å². The normalized spacial score (nSPS) is 13.8. The number of carboxylic acid groups (broad SMARTS) is 1. The van der Waals surface area contributed by atoms with E-state index in [1.807, 2.05) is 0 Å². The summed E-state index contributed by atoms with van der Waals surface area (Å²) >= 11 is 5.58. The zero-order chi connectivity index (χ0) is 13.9. The quantitative estimate of drug-likeness (QED) is 0.886. The van der Waals surface area contributed by atoms with Crippen molar-refractivity contribution in [1.29, 1.82) is 0 Å². The molecule has 0 aromatic heterocycles. The van der Waals surface area contributed by atoms with Gasteiger partial charge in [0.1, 0.15) is 5.82 Å². The number of carboxylic acids is 1. The lowest BCUT2D eigenvalue weighted by atomic mass is 9.95. The minimum Gasteiger partial charge on any atom is -0.481 e. The van der Waals surface area contributed by atoms with Gasteiger partial charge in [-0.05, 0) is 18.2 Å². The number of hydrogen-bond acceptors (Lipinski definition) is 2. The van der Waals surface area contributed by atoms with E-state index in [0.29, 0.717) is 0 Å². The monoisotopic (exact) mass is 273 g/mol. The van der Waals surface area contributed by atoms with Gasteiger partial charge in [0.2, 0.25) is 5.91 Å². The van der Waals surface area contributed by atoms with E-state index < -0.39 is 29.5 Å². The Morgan fingerprint density at radius 1 is 1.33 bits per heavy atom. The minimum absolute atomic E-state index is 0.0196. The number of halogens is 2. The summed E-state index contributed by atoms with van der Waals surface area (Å²) in [6.07, 6.45) is 0. The van der Waals surface area contributed by atoms with Crippen LogP contribution in [-0.4, -0.2) is 17.0 Å². The fraction of sp³-hybridized carbons (Fsp3) is 0.333. The highest BCUT2D eigenvalue weighted by atomic mass is 35.5. The first kappa shape index (κ1) is 14.4. The Bertz CT molecular complexity index is 478. The topological polar surface area (TPSA) is 66.4 Å². The van der Waals surface area contributed by atoms with E-state index in [1.54, 1.807) is 0 Å². The average Bonchev–Trinajstić information content (AvgIpc) is 2.30. The molecule has 2 unspecified atom stereocenters. The lowest BCUT2D eigenvalue weighted by Crippen LogP contribution is -2.30. The number of anilines is 1. The van der Waals surface area contributed by atoms with Crippen LogP contribution in [0.25, 0.3) is 0 Å². The first-order valence-corrected chi connectivity index (χ1v) is 5.69. The van der Waals surface area contributed by atoms with Gasteiger partial charge in [-0.1, -0.05) is 25.4 Å². The second-order valence-electron chi connectivity index (χ2n) is 4.03. The van der Waals surface area contributed by atoms with E-state index in [2.05, 4.69) is 5.32 Å². The van der Waals surface area contributed by atoms with Crippen molar-refractivity contribution >= 4 is 29.2 Å². The lowest BCUT2D eigenvalue weighted by molar-refractivity contribution is -0.145. The second kappa shape index (κ2) is 5.82. The van der Waals surface area contributed by atoms with Gasteiger partial charge in [-0.15, -0.1) is 0 Å². The Balaban J connectivity index is 2.78. The highest BCUT2D eigenvalue weighted by Gasteiger charge is 2.26. The number of nitrogens with one attached hydrogen (secondary N) is 1. The lowest BCUT2D eigenvalue weighted by Gasteiger charge is -2.16. The van der Waals surface area contributed by atoms with Gasteiger partial charge in [0.05, 0.1) is 11.6 Å². The molecule has 0 radical (unpaired) electrons. The molecule has 0 spiro atoms. The molecule has 1 aromatic rings. The first-order chi connectivity index (χ1) is 8.32. The fourth-order valence-electron chi connectivity index (χ4n) is 1.28. The predicted octanol–water partition coefficient (Wildman–Crippen LogP) is 2.77. The zero-order valence-electron chi connectivity index (χ0n) is 9.91. The van der Waals surface area contributed by atoms with E-state index >= 15 is 0 Å². The summed E-state index contributed by atoms with van der Waals surface area (Å²) in [5, 5.41) is 11.3. The van der Waals surface area contributed by atoms with Crippen LogP contribution in [0.2, 0.25) is 5.02 Å². The van der Waals surface area contributed by atoms with Crippen molar-refractivity contribution in [2.75, 3.05) is 5.32 Å². The number of hydrogen-bond donors (Lipinski definition) is 2. The molecule has 2 N–H and O–H groups in total. The highest BCUT2D eigenvalue weighted by molar-refractivity contribution is 6.30. The van der Waals surface area contributed by atoms with Gasteiger partial charge in [-0.2, -0.15) is 0 Å². The maximum Gasteiger partial charge on any atom is 0.307 e. The fourth-order valence-corrected chi connectivity index (χ4v) is 1.44. The molecule has 4 nitrogen and oxygen atoms in total. The van der Waals surface area contributed by atoms with Crippen LogP contribution in [0, 0.1) is 17.7 Å². The minimum atomic E-state index is -1.07. The maximum atomic E-state index is 13.4. The summed E-state index contributed by atoms with van der Waals surface area (Å²) in [4.78, 5) is 22.5. The Hall–Kier alpha value is -1.62. The number of carbonyl (C=O) groups is 2. The number of benzene rings is 1. The van der Waals surface area contributed by atoms with E-state index in [1.165, 1.54) is 26.0 Å². The van der Waals surface area contributed by atoms with Gasteiger partial charge >= 0.3 is 5.97 Å². The van der Waals surface area contributed by atoms with E-state index in [9.17, 15) is 14.0 Å². The predicted molar refractivity (Wildman–Crippen MR) is 66.0 cm³/mol. The van der Waals surface area contributed by atoms with Crippen LogP contribution >= 0.6 is 11.6 Å². The third kappa shape index (κ3) is 3.43. The summed E-state index contributed by atoms with van der Waals surface area (Å²) < 4.78 is 13.4. The first-order valence-electron chi connectivity index (χ1n) is 5.31. The average molecular weight is 274 g/mol. The molecular weight excluding hydrogens is 261 g/mol. The van der Waals surface area contributed by atoms with E-state index in [4.69, 9.17) is 16.7 Å². The van der Waals surface area contributed by atoms with Gasteiger partial charge in [-0.25, -0.2) is 4.39 Å². The van der Waals surface area contributed by atoms with Crippen molar-refractivity contribution < 1.29 is 19.1 Å². The number of amides is 1. The van der Waals surface area contributed by atoms with Crippen LogP contribution in [0.4, 0.5) is 10.1 Å². The van der Waals surface area contributed by atoms with Gasteiger partial charge in [0.15, 0.2) is 0 Å². The van der Waals surface area contributed by atoms with Gasteiger partial charge in [0.25, 0.3) is 0 Å². The smallest absolute Gasteiger partial charge is 0.307 e. The molecule has 2 atom stereocenters. The molecule has 18 heavy (non-hydrogen) atoms. The molecule has 6 heteroatoms. The van der Waals surface area contributed by atoms with Crippen molar-refractivity contribution in [3.63, 3.8) is 0 Å². The molecule has 0 aliphatic rings. The summed E-state index contributed by atoms with van der Waals surface area (Å²) in [6, 6.07) is 3.84. The highest BCUT2D eigenvalue weighted by Crippen LogP contribution is 2.21. The number of carbonyl (C=O) groups excluding carboxylic acids is 1. The molecule has 0 fully saturated rings. The van der Waals surface area contributed by atoms with Crippen LogP contribution in [-0.2, 0) is 9.59 Å². The van der Waals surface area contributed by atoms with Gasteiger partial charge in [0, 0.05) is 10.9 Å². The Morgan fingerprint density at radius 3 is 2.44 bits per heavy atom. The summed E-state index contributed by atoms with van der Waals surface area (Å²) in [5.41, 5.74) is -0.0196. The van der Waals surface area contributed by atoms with Crippen LogP contribution in [0.5, 0.6) is 0 Å². The van der Waals surface area contributed by atoms with Crippen LogP contribution in [0.1, 0.15) is 13.8 Å². The van der Waals surface area contributed by atoms with Crippen LogP contribution < -0.4 is 5.32 Å². The summed E-state index contributed by atoms with van der Waals surface area (Å²) in [5.74, 6) is -3.90. The molecule has 0 aliphatic heterocycles. The molecule has 0 saturated heterocycles. The Labute approximate surface area is 109 Å². The molecule has 0 heterocycles. The van der Waals surface area contributed by atoms with Crippen molar-refractivity contribution in [3.05, 3.63) is 29.0 Å². The largest absolute Gasteiger partial charge is 0.481 e. The zero-order valence-corrected chi connectivity index (χ0v) is 10.7. The summed E-state index contributed by atoms with van der Waals surface area (Å²) in [7, 11) is 0. The molecule has 98 valence electrons. The maximum absolute atomic E-state index is 13.4. The van der Waals surface area contributed by atoms with Crippen molar-refractivity contribution in [2.24, 2.45) is 11.8 Å². The van der Waals surface area contributed by atoms with Crippen molar-refractivity contribution in [2.45, 2.75) is 13.8 Å². The number of rotatable bonds is 4. The SMILES string of the molecule is CC(C(=O)O)C(C)C(=O)Nc1ccc(Cl)cc1F. The molecular formula is C12H13ClFNO3. The molecule has 0 aliphatic carbocycles. The van der Waals surface area contributed by atoms with E-state index in [-0.39, 0.29) is 10.7 Å². The van der Waals surface area contributed by atoms with Crippen molar-refractivity contribution in [3.8, 4) is 0 Å². The Kier molecular flexibility index (Phi) is 4.67. The van der Waals surface area contributed by atoms with Crippen molar-refractivity contribution in [1.82, 2.24) is 0 Å². The van der Waals surface area contributed by atoms with Crippen LogP contribution in [0.3, 0.4) is 0 Å². The number of aliphatic carboxylic acids is 1. The summed E-state index contributed by atoms with van der Waals surface area (Å²) in [6.45, 7) is 2.90.